The monoisotopic (exact) mass is 314 g/mol. The Bertz CT molecular complexity index is 433. The average Bonchev–Trinajstić information content (AvgIpc) is 2.37. The fourth-order valence-corrected chi connectivity index (χ4v) is 2.35. The Morgan fingerprint density at radius 3 is 3.00 bits per heavy atom. The molecule has 1 atom stereocenters. The van der Waals surface area contributed by atoms with Crippen molar-refractivity contribution in [1.29, 1.82) is 0 Å². The molecule has 0 amide bonds. The highest BCUT2D eigenvalue weighted by Gasteiger charge is 2.18. The largest absolute Gasteiger partial charge is 0.485 e. The Balaban J connectivity index is 2.03. The summed E-state index contributed by atoms with van der Waals surface area (Å²) in [6.45, 7) is 1.46. The predicted octanol–water partition coefficient (Wildman–Crippen LogP) is 2.88. The summed E-state index contributed by atoms with van der Waals surface area (Å²) >= 11 is 3.29. The van der Waals surface area contributed by atoms with E-state index in [1.807, 2.05) is 0 Å². The van der Waals surface area contributed by atoms with Gasteiger partial charge in [-0.15, -0.1) is 0 Å². The van der Waals surface area contributed by atoms with E-state index in [1.54, 1.807) is 12.1 Å². The van der Waals surface area contributed by atoms with Crippen LogP contribution >= 0.6 is 15.9 Å². The average molecular weight is 315 g/mol. The van der Waals surface area contributed by atoms with Crippen LogP contribution in [0, 0.1) is 10.1 Å². The van der Waals surface area contributed by atoms with Crippen LogP contribution in [0.15, 0.2) is 22.7 Å². The molecule has 1 unspecified atom stereocenters. The lowest BCUT2D eigenvalue weighted by Crippen LogP contribution is -2.38. The summed E-state index contributed by atoms with van der Waals surface area (Å²) in [6, 6.07) is 5.02. The summed E-state index contributed by atoms with van der Waals surface area (Å²) in [7, 11) is 0. The summed E-state index contributed by atoms with van der Waals surface area (Å²) in [4.78, 5) is 10.5. The molecule has 5 nitrogen and oxygen atoms in total. The number of benzene rings is 1. The number of nitro groups is 1. The van der Waals surface area contributed by atoms with Gasteiger partial charge in [-0.2, -0.15) is 0 Å². The molecule has 18 heavy (non-hydrogen) atoms. The number of nitrogens with one attached hydrogen (secondary N) is 1. The number of hydrogen-bond donors (Lipinski definition) is 1. The minimum Gasteiger partial charge on any atom is -0.485 e. The summed E-state index contributed by atoms with van der Waals surface area (Å²) in [6.07, 6.45) is 3.43. The number of halogens is 1. The molecule has 2 rings (SSSR count). The maximum absolute atomic E-state index is 10.9. The van der Waals surface area contributed by atoms with Gasteiger partial charge in [-0.05, 0) is 25.5 Å². The van der Waals surface area contributed by atoms with Crippen molar-refractivity contribution in [2.24, 2.45) is 0 Å². The predicted molar refractivity (Wildman–Crippen MR) is 71.9 cm³/mol. The van der Waals surface area contributed by atoms with Crippen LogP contribution in [0.1, 0.15) is 19.3 Å². The van der Waals surface area contributed by atoms with Gasteiger partial charge in [-0.1, -0.05) is 22.4 Å². The molecule has 0 spiro atoms. The maximum atomic E-state index is 10.9. The molecule has 1 aliphatic rings. The van der Waals surface area contributed by atoms with Gasteiger partial charge in [-0.25, -0.2) is 0 Å². The zero-order chi connectivity index (χ0) is 13.0. The van der Waals surface area contributed by atoms with Crippen LogP contribution in [-0.4, -0.2) is 24.1 Å². The van der Waals surface area contributed by atoms with Gasteiger partial charge in [-0.3, -0.25) is 10.1 Å². The van der Waals surface area contributed by atoms with Gasteiger partial charge in [0.2, 0.25) is 0 Å². The van der Waals surface area contributed by atoms with Crippen molar-refractivity contribution in [3.05, 3.63) is 32.8 Å². The number of nitrogens with zero attached hydrogens (tertiary/aromatic N) is 1. The van der Waals surface area contributed by atoms with E-state index in [1.165, 1.54) is 18.9 Å². The van der Waals surface area contributed by atoms with Crippen LogP contribution in [0.25, 0.3) is 0 Å². The van der Waals surface area contributed by atoms with Crippen molar-refractivity contribution >= 4 is 21.6 Å². The molecule has 1 aromatic rings. The van der Waals surface area contributed by atoms with E-state index in [0.29, 0.717) is 12.4 Å². The minimum absolute atomic E-state index is 0.00834. The van der Waals surface area contributed by atoms with E-state index < -0.39 is 4.92 Å². The molecule has 1 aromatic carbocycles. The summed E-state index contributed by atoms with van der Waals surface area (Å²) in [5.41, 5.74) is 0.00834. The molecule has 1 heterocycles. The Morgan fingerprint density at radius 1 is 1.50 bits per heavy atom. The van der Waals surface area contributed by atoms with Gasteiger partial charge >= 0.3 is 5.69 Å². The first-order chi connectivity index (χ1) is 8.66. The normalized spacial score (nSPS) is 19.5. The van der Waals surface area contributed by atoms with E-state index in [2.05, 4.69) is 21.2 Å². The van der Waals surface area contributed by atoms with Gasteiger partial charge < -0.3 is 10.1 Å². The number of nitro benzene ring substituents is 1. The number of ether oxygens (including phenoxy) is 1. The first kappa shape index (κ1) is 13.3. The van der Waals surface area contributed by atoms with Crippen molar-refractivity contribution in [2.45, 2.75) is 25.3 Å². The van der Waals surface area contributed by atoms with E-state index in [4.69, 9.17) is 4.74 Å². The Labute approximate surface area is 114 Å². The molecule has 1 saturated heterocycles. The zero-order valence-corrected chi connectivity index (χ0v) is 11.5. The van der Waals surface area contributed by atoms with Crippen LogP contribution in [0.5, 0.6) is 5.75 Å². The van der Waals surface area contributed by atoms with Crippen LogP contribution < -0.4 is 10.1 Å². The molecule has 98 valence electrons. The van der Waals surface area contributed by atoms with Crippen molar-refractivity contribution in [3.8, 4) is 5.75 Å². The van der Waals surface area contributed by atoms with E-state index in [9.17, 15) is 10.1 Å². The van der Waals surface area contributed by atoms with Crippen LogP contribution in [-0.2, 0) is 0 Å². The van der Waals surface area contributed by atoms with Gasteiger partial charge in [0.15, 0.2) is 5.75 Å². The fourth-order valence-electron chi connectivity index (χ4n) is 2.01. The lowest BCUT2D eigenvalue weighted by Gasteiger charge is -2.23. The third-order valence-corrected chi connectivity index (χ3v) is 3.46. The summed E-state index contributed by atoms with van der Waals surface area (Å²) in [5, 5.41) is 14.2. The van der Waals surface area contributed by atoms with Crippen molar-refractivity contribution in [2.75, 3.05) is 13.2 Å². The van der Waals surface area contributed by atoms with E-state index in [-0.39, 0.29) is 11.7 Å². The Morgan fingerprint density at radius 2 is 2.33 bits per heavy atom. The molecule has 6 heteroatoms. The molecule has 0 saturated carbocycles. The summed E-state index contributed by atoms with van der Waals surface area (Å²) in [5.74, 6) is 0.321. The lowest BCUT2D eigenvalue weighted by molar-refractivity contribution is -0.385. The highest BCUT2D eigenvalue weighted by atomic mass is 79.9. The smallest absolute Gasteiger partial charge is 0.310 e. The van der Waals surface area contributed by atoms with Gasteiger partial charge in [0.05, 0.1) is 4.92 Å². The molecule has 0 aromatic heterocycles. The van der Waals surface area contributed by atoms with Crippen molar-refractivity contribution in [3.63, 3.8) is 0 Å². The molecule has 1 N–H and O–H groups in total. The number of piperidine rings is 1. The van der Waals surface area contributed by atoms with Crippen LogP contribution in [0.2, 0.25) is 0 Å². The van der Waals surface area contributed by atoms with Gasteiger partial charge in [0.25, 0.3) is 0 Å². The number of hydrogen-bond acceptors (Lipinski definition) is 4. The van der Waals surface area contributed by atoms with Crippen LogP contribution in [0.4, 0.5) is 5.69 Å². The summed E-state index contributed by atoms with van der Waals surface area (Å²) < 4.78 is 6.36. The highest BCUT2D eigenvalue weighted by molar-refractivity contribution is 9.10. The molecule has 1 aliphatic heterocycles. The highest BCUT2D eigenvalue weighted by Crippen LogP contribution is 2.30. The minimum atomic E-state index is -0.421. The second kappa shape index (κ2) is 6.15. The Hall–Kier alpha value is -1.14. The quantitative estimate of drug-likeness (QED) is 0.685. The van der Waals surface area contributed by atoms with E-state index in [0.717, 1.165) is 17.4 Å². The molecule has 0 bridgehead atoms. The lowest BCUT2D eigenvalue weighted by atomic mass is 10.1. The first-order valence-corrected chi connectivity index (χ1v) is 6.76. The zero-order valence-electron chi connectivity index (χ0n) is 9.89. The first-order valence-electron chi connectivity index (χ1n) is 5.97. The van der Waals surface area contributed by atoms with Gasteiger partial charge in [0, 0.05) is 22.6 Å². The fraction of sp³-hybridized carbons (Fsp3) is 0.500. The van der Waals surface area contributed by atoms with E-state index >= 15 is 0 Å². The molecule has 1 fully saturated rings. The second-order valence-corrected chi connectivity index (χ2v) is 5.24. The number of rotatable bonds is 4. The van der Waals surface area contributed by atoms with Gasteiger partial charge in [0.1, 0.15) is 6.61 Å². The SMILES string of the molecule is O=[N+]([O-])c1ccc(Br)cc1OCC1CCCCN1. The Kier molecular flexibility index (Phi) is 4.54. The van der Waals surface area contributed by atoms with Crippen LogP contribution in [0.3, 0.4) is 0 Å². The third-order valence-electron chi connectivity index (χ3n) is 2.97. The van der Waals surface area contributed by atoms with Crippen molar-refractivity contribution < 1.29 is 9.66 Å². The molecular weight excluding hydrogens is 300 g/mol. The molecule has 0 radical (unpaired) electrons. The molecular formula is C12H15BrN2O3. The topological polar surface area (TPSA) is 64.4 Å². The molecule has 0 aliphatic carbocycles. The van der Waals surface area contributed by atoms with Crippen molar-refractivity contribution in [1.82, 2.24) is 5.32 Å². The third kappa shape index (κ3) is 3.43. The maximum Gasteiger partial charge on any atom is 0.310 e. The second-order valence-electron chi connectivity index (χ2n) is 4.33. The standard InChI is InChI=1S/C12H15BrN2O3/c13-9-4-5-11(15(16)17)12(7-9)18-8-10-3-1-2-6-14-10/h4-5,7,10,14H,1-3,6,8H2.